The van der Waals surface area contributed by atoms with Crippen LogP contribution in [-0.2, 0) is 33.3 Å². The summed E-state index contributed by atoms with van der Waals surface area (Å²) in [5.41, 5.74) is -0.529. The van der Waals surface area contributed by atoms with E-state index in [9.17, 15) is 19.8 Å². The zero-order valence-electron chi connectivity index (χ0n) is 35.6. The van der Waals surface area contributed by atoms with E-state index < -0.39 is 65.5 Å². The molecule has 2 bridgehead atoms. The van der Waals surface area contributed by atoms with Crippen molar-refractivity contribution in [2.75, 3.05) is 40.4 Å². The maximum absolute atomic E-state index is 14.5. The number of aliphatic hydroxyl groups is 2. The maximum atomic E-state index is 14.5. The van der Waals surface area contributed by atoms with Crippen LogP contribution in [0.3, 0.4) is 0 Å². The monoisotopic (exact) mass is 791 g/mol. The summed E-state index contributed by atoms with van der Waals surface area (Å²) in [6, 6.07) is 9.45. The molecule has 4 fully saturated rings. The van der Waals surface area contributed by atoms with Crippen molar-refractivity contribution >= 4 is 22.7 Å². The van der Waals surface area contributed by atoms with E-state index in [2.05, 4.69) is 35.2 Å². The van der Waals surface area contributed by atoms with Gasteiger partial charge in [0.2, 0.25) is 0 Å². The summed E-state index contributed by atoms with van der Waals surface area (Å²) in [7, 11) is 3.80. The lowest BCUT2D eigenvalue weighted by atomic mass is 9.79. The quantitative estimate of drug-likeness (QED) is 0.187. The average Bonchev–Trinajstić information content (AvgIpc) is 3.16. The molecule has 0 aliphatic carbocycles. The number of ether oxygens (including phenoxy) is 5. The van der Waals surface area contributed by atoms with Crippen LogP contribution in [0.4, 0.5) is 0 Å². The van der Waals surface area contributed by atoms with Crippen LogP contribution in [-0.4, -0.2) is 137 Å². The predicted octanol–water partition coefficient (Wildman–Crippen LogP) is 4.77. The molecule has 1 aromatic heterocycles. The highest BCUT2D eigenvalue weighted by atomic mass is 16.7. The summed E-state index contributed by atoms with van der Waals surface area (Å²) in [6.45, 7) is 19.9. The Morgan fingerprint density at radius 1 is 1.11 bits per heavy atom. The number of para-hydroxylation sites is 1. The Kier molecular flexibility index (Phi) is 14.8. The minimum atomic E-state index is -1.64. The van der Waals surface area contributed by atoms with Gasteiger partial charge in [-0.25, -0.2) is 0 Å². The molecule has 4 saturated heterocycles. The summed E-state index contributed by atoms with van der Waals surface area (Å²) in [4.78, 5) is 37.1. The van der Waals surface area contributed by atoms with E-state index in [-0.39, 0.29) is 43.7 Å². The van der Waals surface area contributed by atoms with Crippen molar-refractivity contribution in [1.29, 1.82) is 0 Å². The topological polar surface area (TPSA) is 140 Å². The standard InChI is InChI=1S/C45H65N3O9/c1-12-37-45(9,52)40-28(3)24-48(19-15-16-33-21-34-17-13-14-18-35(34)46-23-33)29(4)22-44(8,54-26-27(2)25-53-40)41(31(6)38(49)32(7)42(51)56-37)57-43-39(50)36(47(10)11)20-30(5)55-43/h13-14,17-18,21,23,28-32,36-37,39-41,43,50,52H,2,12,19-20,22,24-26H2,1,3-11H3/t28-,29+,30+,31-,32+,36-,37+,39+,40+,41+,43-,44+,45+/m0/s1. The number of benzene rings is 1. The van der Waals surface area contributed by atoms with E-state index in [1.807, 2.05) is 77.0 Å². The van der Waals surface area contributed by atoms with Crippen LogP contribution in [0, 0.1) is 29.6 Å². The van der Waals surface area contributed by atoms with Crippen LogP contribution < -0.4 is 0 Å². The number of hydrogen-bond donors (Lipinski definition) is 2. The molecule has 314 valence electrons. The number of fused-ring (bicyclic) bond motifs is 16. The molecule has 0 radical (unpaired) electrons. The number of Topliss-reactive ketones (excluding diaryl/α,β-unsaturated/α-hetero) is 1. The largest absolute Gasteiger partial charge is 0.459 e. The van der Waals surface area contributed by atoms with Crippen LogP contribution in [0.5, 0.6) is 0 Å². The molecule has 4 aliphatic heterocycles. The minimum Gasteiger partial charge on any atom is -0.459 e. The van der Waals surface area contributed by atoms with E-state index in [0.29, 0.717) is 31.5 Å². The first-order chi connectivity index (χ1) is 26.9. The number of likely N-dealkylation sites (N-methyl/N-ethyl adjacent to an activating group) is 1. The second-order valence-electron chi connectivity index (χ2n) is 17.4. The number of aromatic nitrogens is 1. The van der Waals surface area contributed by atoms with Crippen LogP contribution in [0.25, 0.3) is 10.9 Å². The van der Waals surface area contributed by atoms with Crippen LogP contribution >= 0.6 is 0 Å². The van der Waals surface area contributed by atoms with Crippen LogP contribution in [0.15, 0.2) is 48.7 Å². The first-order valence-electron chi connectivity index (χ1n) is 20.5. The fourth-order valence-corrected chi connectivity index (χ4v) is 8.94. The minimum absolute atomic E-state index is 0.0645. The molecule has 5 heterocycles. The first-order valence-corrected chi connectivity index (χ1v) is 20.5. The third kappa shape index (κ3) is 10.3. The van der Waals surface area contributed by atoms with Crippen molar-refractivity contribution in [3.63, 3.8) is 0 Å². The van der Waals surface area contributed by atoms with E-state index in [0.717, 1.165) is 16.5 Å². The Morgan fingerprint density at radius 3 is 2.53 bits per heavy atom. The number of ketones is 1. The molecule has 0 spiro atoms. The number of hydrogen-bond acceptors (Lipinski definition) is 12. The Hall–Kier alpha value is -3.25. The molecule has 0 saturated carbocycles. The van der Waals surface area contributed by atoms with Gasteiger partial charge < -0.3 is 38.8 Å². The highest BCUT2D eigenvalue weighted by molar-refractivity contribution is 6.00. The Morgan fingerprint density at radius 2 is 1.82 bits per heavy atom. The van der Waals surface area contributed by atoms with Crippen molar-refractivity contribution < 1.29 is 43.5 Å². The number of carbonyl (C=O) groups excluding carboxylic acids is 2. The molecule has 12 heteroatoms. The van der Waals surface area contributed by atoms with Crippen LogP contribution in [0.2, 0.25) is 0 Å². The number of rotatable bonds is 5. The third-order valence-corrected chi connectivity index (χ3v) is 12.2. The van der Waals surface area contributed by atoms with Gasteiger partial charge in [0.25, 0.3) is 0 Å². The molecule has 13 atom stereocenters. The van der Waals surface area contributed by atoms with E-state index >= 15 is 0 Å². The molecule has 4 aliphatic rings. The lowest BCUT2D eigenvalue weighted by molar-refractivity contribution is -0.297. The van der Waals surface area contributed by atoms with E-state index in [1.165, 1.54) is 6.92 Å². The van der Waals surface area contributed by atoms with Gasteiger partial charge in [-0.05, 0) is 91.6 Å². The van der Waals surface area contributed by atoms with Gasteiger partial charge in [-0.1, -0.05) is 57.4 Å². The number of esters is 1. The molecule has 2 N–H and O–H groups in total. The Bertz CT molecular complexity index is 1790. The summed E-state index contributed by atoms with van der Waals surface area (Å²) in [5.74, 6) is 3.13. The number of aliphatic hydroxyl groups excluding tert-OH is 1. The second-order valence-corrected chi connectivity index (χ2v) is 17.4. The normalized spacial score (nSPS) is 38.0. The van der Waals surface area contributed by atoms with Gasteiger partial charge in [0.15, 0.2) is 12.1 Å². The van der Waals surface area contributed by atoms with E-state index in [4.69, 9.17) is 23.7 Å². The molecule has 6 rings (SSSR count). The van der Waals surface area contributed by atoms with Crippen molar-refractivity contribution in [3.05, 3.63) is 54.2 Å². The van der Waals surface area contributed by atoms with Gasteiger partial charge in [-0.2, -0.15) is 0 Å². The Balaban J connectivity index is 1.62. The molecular weight excluding hydrogens is 727 g/mol. The second kappa shape index (κ2) is 18.8. The zero-order valence-corrected chi connectivity index (χ0v) is 35.6. The number of nitrogens with zero attached hydrogens (tertiary/aromatic N) is 3. The van der Waals surface area contributed by atoms with Gasteiger partial charge in [0.1, 0.15) is 23.7 Å². The molecule has 0 amide bonds. The Labute approximate surface area is 339 Å². The smallest absolute Gasteiger partial charge is 0.316 e. The SMILES string of the molecule is C=C1CO[C@@H]2[C@@H](C)CN(CC#Cc3cnc4ccccc4c3)[C@H](C)C[C@@](C)(OC1)[C@H](O[C@@H]1O[C@H](C)C[C@H](N(C)C)[C@H]1O)[C@@H](C)C(=O)[C@@H](C)C(=O)O[C@H](CC)[C@@]2(C)O. The fraction of sp³-hybridized carbons (Fsp3) is 0.667. The molecule has 12 nitrogen and oxygen atoms in total. The fourth-order valence-electron chi connectivity index (χ4n) is 8.94. The van der Waals surface area contributed by atoms with Crippen molar-refractivity contribution in [2.24, 2.45) is 17.8 Å². The molecular formula is C45H65N3O9. The van der Waals surface area contributed by atoms with Gasteiger partial charge >= 0.3 is 5.97 Å². The highest BCUT2D eigenvalue weighted by Crippen LogP contribution is 2.38. The van der Waals surface area contributed by atoms with Gasteiger partial charge in [-0.3, -0.25) is 19.5 Å². The molecule has 0 unspecified atom stereocenters. The summed E-state index contributed by atoms with van der Waals surface area (Å²) in [5, 5.41) is 25.0. The van der Waals surface area contributed by atoms with Gasteiger partial charge in [0.05, 0.1) is 49.2 Å². The summed E-state index contributed by atoms with van der Waals surface area (Å²) >= 11 is 0. The summed E-state index contributed by atoms with van der Waals surface area (Å²) < 4.78 is 32.5. The predicted molar refractivity (Wildman–Crippen MR) is 218 cm³/mol. The lowest BCUT2D eigenvalue weighted by Crippen LogP contribution is -2.60. The third-order valence-electron chi connectivity index (χ3n) is 12.2. The van der Waals surface area contributed by atoms with Crippen LogP contribution in [0.1, 0.15) is 80.2 Å². The van der Waals surface area contributed by atoms with Crippen molar-refractivity contribution in [3.8, 4) is 11.8 Å². The lowest BCUT2D eigenvalue weighted by Gasteiger charge is -2.48. The highest BCUT2D eigenvalue weighted by Gasteiger charge is 2.51. The average molecular weight is 792 g/mol. The molecule has 1 aromatic carbocycles. The van der Waals surface area contributed by atoms with Gasteiger partial charge in [0, 0.05) is 41.7 Å². The van der Waals surface area contributed by atoms with Crippen molar-refractivity contribution in [1.82, 2.24) is 14.8 Å². The van der Waals surface area contributed by atoms with E-state index in [1.54, 1.807) is 20.0 Å². The number of carbonyl (C=O) groups is 2. The van der Waals surface area contributed by atoms with Crippen molar-refractivity contribution in [2.45, 2.75) is 135 Å². The zero-order chi connectivity index (χ0) is 41.8. The molecule has 57 heavy (non-hydrogen) atoms. The summed E-state index contributed by atoms with van der Waals surface area (Å²) in [6.07, 6.45) is -2.14. The first kappa shape index (κ1) is 44.8. The van der Waals surface area contributed by atoms with Gasteiger partial charge in [-0.15, -0.1) is 0 Å². The number of pyridine rings is 1. The maximum Gasteiger partial charge on any atom is 0.316 e. The molecule has 2 aromatic rings.